The number of pyridine rings is 2. The van der Waals surface area contributed by atoms with Crippen molar-refractivity contribution in [1.82, 2.24) is 19.8 Å². The number of nitrogens with zero attached hydrogens (tertiary/aromatic N) is 4. The Morgan fingerprint density at radius 3 is 2.55 bits per heavy atom. The van der Waals surface area contributed by atoms with Gasteiger partial charge in [-0.1, -0.05) is 29.8 Å². The van der Waals surface area contributed by atoms with Crippen LogP contribution in [0.3, 0.4) is 0 Å². The third kappa shape index (κ3) is 5.48. The van der Waals surface area contributed by atoms with Gasteiger partial charge in [0.05, 0.1) is 16.2 Å². The zero-order valence-electron chi connectivity index (χ0n) is 20.5. The van der Waals surface area contributed by atoms with Crippen molar-refractivity contribution in [2.75, 3.05) is 30.9 Å². The van der Waals surface area contributed by atoms with Gasteiger partial charge in [-0.2, -0.15) is 0 Å². The fourth-order valence-electron chi connectivity index (χ4n) is 4.55. The molecular weight excluding hydrogens is 524 g/mol. The van der Waals surface area contributed by atoms with Crippen LogP contribution in [0, 0.1) is 0 Å². The minimum atomic E-state index is -3.94. The molecule has 1 aliphatic rings. The van der Waals surface area contributed by atoms with Gasteiger partial charge >= 0.3 is 0 Å². The van der Waals surface area contributed by atoms with Crippen molar-refractivity contribution < 1.29 is 13.2 Å². The molecule has 5 rings (SSSR count). The molecule has 0 radical (unpaired) electrons. The van der Waals surface area contributed by atoms with E-state index in [1.165, 1.54) is 6.07 Å². The average Bonchev–Trinajstić information content (AvgIpc) is 2.94. The number of carbonyl (C=O) groups excluding carboxylic acids is 1. The van der Waals surface area contributed by atoms with Crippen LogP contribution >= 0.6 is 11.6 Å². The summed E-state index contributed by atoms with van der Waals surface area (Å²) in [6.07, 6.45) is 4.91. The standard InChI is InChI=1S/C27H27ClN6O3S/c28-23-17-30-10-8-21(23)18-33-11-13-34(14-12-33)27(35)20-6-7-24(22(15-20)16-29)32-38(36,37)25-5-1-3-19-4-2-9-31-26(19)25/h1-10,15,17,32H,11-14,16,18,29H2. The summed E-state index contributed by atoms with van der Waals surface area (Å²) in [4.78, 5) is 25.6. The number of fused-ring (bicyclic) bond motifs is 1. The molecule has 0 spiro atoms. The molecule has 4 aromatic rings. The van der Waals surface area contributed by atoms with E-state index in [1.54, 1.807) is 66.0 Å². The highest BCUT2D eigenvalue weighted by Gasteiger charge is 2.24. The van der Waals surface area contributed by atoms with Gasteiger partial charge < -0.3 is 10.6 Å². The smallest absolute Gasteiger partial charge is 0.264 e. The molecule has 3 heterocycles. The van der Waals surface area contributed by atoms with Crippen LogP contribution in [0.15, 0.2) is 78.1 Å². The number of hydrogen-bond donors (Lipinski definition) is 2. The number of sulfonamides is 1. The summed E-state index contributed by atoms with van der Waals surface area (Å²) in [6, 6.07) is 15.3. The van der Waals surface area contributed by atoms with E-state index in [-0.39, 0.29) is 17.3 Å². The summed E-state index contributed by atoms with van der Waals surface area (Å²) >= 11 is 6.23. The summed E-state index contributed by atoms with van der Waals surface area (Å²) < 4.78 is 29.1. The summed E-state index contributed by atoms with van der Waals surface area (Å²) in [5, 5.41) is 1.35. The molecule has 9 nitrogen and oxygen atoms in total. The van der Waals surface area contributed by atoms with Gasteiger partial charge in [0.15, 0.2) is 0 Å². The molecule has 196 valence electrons. The highest BCUT2D eigenvalue weighted by atomic mass is 35.5. The van der Waals surface area contributed by atoms with Gasteiger partial charge in [-0.15, -0.1) is 0 Å². The Morgan fingerprint density at radius 2 is 1.79 bits per heavy atom. The lowest BCUT2D eigenvalue weighted by molar-refractivity contribution is 0.0628. The van der Waals surface area contributed by atoms with E-state index in [0.717, 1.165) is 10.9 Å². The highest BCUT2D eigenvalue weighted by Crippen LogP contribution is 2.26. The maximum Gasteiger partial charge on any atom is 0.264 e. The number of para-hydroxylation sites is 1. The number of carbonyl (C=O) groups is 1. The average molecular weight is 551 g/mol. The summed E-state index contributed by atoms with van der Waals surface area (Å²) in [7, 11) is -3.94. The Bertz CT molecular complexity index is 1580. The van der Waals surface area contributed by atoms with E-state index in [1.807, 2.05) is 6.07 Å². The molecule has 0 bridgehead atoms. The van der Waals surface area contributed by atoms with Crippen LogP contribution in [0.25, 0.3) is 10.9 Å². The molecule has 1 aliphatic heterocycles. The molecule has 1 fully saturated rings. The van der Waals surface area contributed by atoms with E-state index in [9.17, 15) is 13.2 Å². The van der Waals surface area contributed by atoms with Crippen LogP contribution in [-0.4, -0.2) is 60.3 Å². The van der Waals surface area contributed by atoms with Crippen molar-refractivity contribution in [3.63, 3.8) is 0 Å². The third-order valence-corrected chi connectivity index (χ3v) is 8.35. The predicted octanol–water partition coefficient (Wildman–Crippen LogP) is 3.50. The van der Waals surface area contributed by atoms with Crippen LogP contribution in [0.1, 0.15) is 21.5 Å². The molecule has 0 aliphatic carbocycles. The molecule has 0 unspecified atom stereocenters. The number of halogens is 1. The minimum absolute atomic E-state index is 0.0627. The van der Waals surface area contributed by atoms with Crippen molar-refractivity contribution in [3.8, 4) is 0 Å². The van der Waals surface area contributed by atoms with Crippen LogP contribution in [-0.2, 0) is 23.1 Å². The van der Waals surface area contributed by atoms with Crippen LogP contribution < -0.4 is 10.5 Å². The number of hydrogen-bond acceptors (Lipinski definition) is 7. The zero-order valence-corrected chi connectivity index (χ0v) is 22.1. The van der Waals surface area contributed by atoms with Crippen LogP contribution in [0.4, 0.5) is 5.69 Å². The fourth-order valence-corrected chi connectivity index (χ4v) is 6.01. The van der Waals surface area contributed by atoms with E-state index >= 15 is 0 Å². The molecule has 1 saturated heterocycles. The van der Waals surface area contributed by atoms with Gasteiger partial charge in [-0.05, 0) is 47.5 Å². The second kappa shape index (κ2) is 11.0. The number of anilines is 1. The zero-order chi connectivity index (χ0) is 26.7. The quantitative estimate of drug-likeness (QED) is 0.361. The third-order valence-electron chi connectivity index (χ3n) is 6.61. The first-order chi connectivity index (χ1) is 18.4. The van der Waals surface area contributed by atoms with E-state index in [2.05, 4.69) is 19.6 Å². The van der Waals surface area contributed by atoms with Gasteiger partial charge in [0.25, 0.3) is 15.9 Å². The first-order valence-corrected chi connectivity index (χ1v) is 14.0. The SMILES string of the molecule is NCc1cc(C(=O)N2CCN(Cc3ccncc3Cl)CC2)ccc1NS(=O)(=O)c1cccc2cccnc12. The first kappa shape index (κ1) is 26.1. The van der Waals surface area contributed by atoms with Crippen LogP contribution in [0.2, 0.25) is 5.02 Å². The number of nitrogens with one attached hydrogen (secondary N) is 1. The Morgan fingerprint density at radius 1 is 1.00 bits per heavy atom. The van der Waals surface area contributed by atoms with E-state index < -0.39 is 10.0 Å². The van der Waals surface area contributed by atoms with Gasteiger partial charge in [0.2, 0.25) is 0 Å². The second-order valence-electron chi connectivity index (χ2n) is 9.05. The molecule has 0 saturated carbocycles. The molecule has 1 amide bonds. The largest absolute Gasteiger partial charge is 0.336 e. The lowest BCUT2D eigenvalue weighted by Crippen LogP contribution is -2.48. The minimum Gasteiger partial charge on any atom is -0.336 e. The molecule has 3 N–H and O–H groups in total. The van der Waals surface area contributed by atoms with Crippen molar-refractivity contribution in [1.29, 1.82) is 0 Å². The van der Waals surface area contributed by atoms with Gasteiger partial charge in [-0.3, -0.25) is 24.4 Å². The lowest BCUT2D eigenvalue weighted by atomic mass is 10.1. The fraction of sp³-hybridized carbons (Fsp3) is 0.222. The maximum absolute atomic E-state index is 13.2. The first-order valence-electron chi connectivity index (χ1n) is 12.2. The topological polar surface area (TPSA) is 122 Å². The number of nitrogens with two attached hydrogens (primary N) is 1. The molecule has 38 heavy (non-hydrogen) atoms. The highest BCUT2D eigenvalue weighted by molar-refractivity contribution is 7.93. The van der Waals surface area contributed by atoms with Crippen molar-refractivity contribution in [2.45, 2.75) is 18.0 Å². The Labute approximate surface area is 226 Å². The Kier molecular flexibility index (Phi) is 7.57. The molecule has 11 heteroatoms. The van der Waals surface area contributed by atoms with Crippen molar-refractivity contribution in [3.05, 3.63) is 94.9 Å². The second-order valence-corrected chi connectivity index (χ2v) is 11.1. The summed E-state index contributed by atoms with van der Waals surface area (Å²) in [5.74, 6) is -0.117. The Balaban J connectivity index is 1.29. The maximum atomic E-state index is 13.2. The lowest BCUT2D eigenvalue weighted by Gasteiger charge is -2.35. The van der Waals surface area contributed by atoms with E-state index in [0.29, 0.717) is 60.1 Å². The summed E-state index contributed by atoms with van der Waals surface area (Å²) in [5.41, 5.74) is 8.66. The van der Waals surface area contributed by atoms with Crippen molar-refractivity contribution >= 4 is 44.1 Å². The van der Waals surface area contributed by atoms with E-state index in [4.69, 9.17) is 17.3 Å². The summed E-state index contributed by atoms with van der Waals surface area (Å²) in [6.45, 7) is 3.33. The number of piperazine rings is 1. The van der Waals surface area contributed by atoms with Gasteiger partial charge in [-0.25, -0.2) is 8.42 Å². The normalized spacial score (nSPS) is 14.5. The molecular formula is C27H27ClN6O3S. The molecule has 2 aromatic carbocycles. The number of benzene rings is 2. The molecule has 0 atom stereocenters. The predicted molar refractivity (Wildman–Crippen MR) is 147 cm³/mol. The Hall–Kier alpha value is -3.57. The number of rotatable bonds is 7. The molecule has 2 aromatic heterocycles. The number of aromatic nitrogens is 2. The van der Waals surface area contributed by atoms with Crippen molar-refractivity contribution in [2.24, 2.45) is 5.73 Å². The monoisotopic (exact) mass is 550 g/mol. The number of amides is 1. The van der Waals surface area contributed by atoms with Crippen LogP contribution in [0.5, 0.6) is 0 Å². The van der Waals surface area contributed by atoms with Gasteiger partial charge in [0, 0.05) is 68.8 Å². The van der Waals surface area contributed by atoms with Gasteiger partial charge in [0.1, 0.15) is 4.90 Å².